The number of amides is 1. The number of carbonyl (C=O) groups excluding carboxylic acids is 1. The van der Waals surface area contributed by atoms with E-state index in [0.29, 0.717) is 0 Å². The summed E-state index contributed by atoms with van der Waals surface area (Å²) in [5, 5.41) is 16.9. The van der Waals surface area contributed by atoms with Crippen LogP contribution in [0.25, 0.3) is 11.1 Å². The van der Waals surface area contributed by atoms with Crippen LogP contribution in [-0.2, 0) is 21.5 Å². The Hall–Kier alpha value is -3.61. The number of hydrogen-bond donors (Lipinski definition) is 2. The summed E-state index contributed by atoms with van der Waals surface area (Å²) in [7, 11) is 0. The van der Waals surface area contributed by atoms with E-state index in [0.717, 1.165) is 39.2 Å². The van der Waals surface area contributed by atoms with Crippen LogP contribution in [0, 0.1) is 13.8 Å². The predicted octanol–water partition coefficient (Wildman–Crippen LogP) is 4.79. The van der Waals surface area contributed by atoms with Crippen molar-refractivity contribution in [2.24, 2.45) is 0 Å². The molecule has 34 heavy (non-hydrogen) atoms. The molecule has 1 aromatic heterocycles. The third-order valence-electron chi connectivity index (χ3n) is 6.42. The highest BCUT2D eigenvalue weighted by Crippen LogP contribution is 2.44. The summed E-state index contributed by atoms with van der Waals surface area (Å²) in [5.74, 6) is -1.20. The lowest BCUT2D eigenvalue weighted by atomic mass is 9.98. The van der Waals surface area contributed by atoms with Crippen LogP contribution in [0.3, 0.4) is 0 Å². The van der Waals surface area contributed by atoms with E-state index >= 15 is 0 Å². The number of carboxylic acids is 1. The Kier molecular flexibility index (Phi) is 6.21. The highest BCUT2D eigenvalue weighted by atomic mass is 16.5. The molecule has 2 N–H and O–H groups in total. The molecule has 0 saturated heterocycles. The van der Waals surface area contributed by atoms with E-state index in [1.807, 2.05) is 75.7 Å². The zero-order valence-electron chi connectivity index (χ0n) is 20.3. The first kappa shape index (κ1) is 23.5. The molecule has 0 spiro atoms. The lowest BCUT2D eigenvalue weighted by Crippen LogP contribution is -2.43. The molecule has 0 fully saturated rings. The van der Waals surface area contributed by atoms with Gasteiger partial charge in [0.25, 0.3) is 0 Å². The average molecular weight is 462 g/mol. The smallest absolute Gasteiger partial charge is 0.407 e. The zero-order chi connectivity index (χ0) is 24.6. The van der Waals surface area contributed by atoms with Crippen molar-refractivity contribution in [3.63, 3.8) is 0 Å². The number of hydrogen-bond acceptors (Lipinski definition) is 4. The molecule has 3 aromatic rings. The molecule has 0 bridgehead atoms. The van der Waals surface area contributed by atoms with Gasteiger partial charge in [-0.15, -0.1) is 0 Å². The SMILES string of the molecule is Cc1nn(C(C)(C)C)c(C)c1CC(NC(=O)OCC1c2ccccc2-c2ccccc21)C(=O)O. The highest BCUT2D eigenvalue weighted by Gasteiger charge is 2.30. The van der Waals surface area contributed by atoms with Gasteiger partial charge in [-0.05, 0) is 62.4 Å². The summed E-state index contributed by atoms with van der Waals surface area (Å²) in [4.78, 5) is 24.6. The van der Waals surface area contributed by atoms with Crippen molar-refractivity contribution in [2.45, 2.75) is 58.5 Å². The minimum atomic E-state index is -1.12. The van der Waals surface area contributed by atoms with Crippen LogP contribution in [0.1, 0.15) is 54.8 Å². The van der Waals surface area contributed by atoms with Gasteiger partial charge < -0.3 is 15.2 Å². The van der Waals surface area contributed by atoms with Gasteiger partial charge in [-0.2, -0.15) is 5.10 Å². The van der Waals surface area contributed by atoms with Crippen LogP contribution in [0.15, 0.2) is 48.5 Å². The van der Waals surface area contributed by atoms with Crippen LogP contribution in [0.2, 0.25) is 0 Å². The molecule has 178 valence electrons. The van der Waals surface area contributed by atoms with Crippen molar-refractivity contribution in [1.29, 1.82) is 0 Å². The second-order valence-electron chi connectivity index (χ2n) is 9.80. The van der Waals surface area contributed by atoms with Gasteiger partial charge in [0.1, 0.15) is 12.6 Å². The Morgan fingerprint density at radius 1 is 1.06 bits per heavy atom. The minimum Gasteiger partial charge on any atom is -0.480 e. The lowest BCUT2D eigenvalue weighted by molar-refractivity contribution is -0.139. The van der Waals surface area contributed by atoms with Crippen molar-refractivity contribution in [2.75, 3.05) is 6.61 Å². The Balaban J connectivity index is 1.46. The Morgan fingerprint density at radius 3 is 2.12 bits per heavy atom. The van der Waals surface area contributed by atoms with E-state index in [9.17, 15) is 14.7 Å². The van der Waals surface area contributed by atoms with Gasteiger partial charge in [-0.3, -0.25) is 4.68 Å². The van der Waals surface area contributed by atoms with Gasteiger partial charge in [-0.1, -0.05) is 48.5 Å². The monoisotopic (exact) mass is 461 g/mol. The minimum absolute atomic E-state index is 0.0871. The van der Waals surface area contributed by atoms with Gasteiger partial charge >= 0.3 is 12.1 Å². The van der Waals surface area contributed by atoms with Crippen LogP contribution in [0.5, 0.6) is 0 Å². The molecule has 1 atom stereocenters. The van der Waals surface area contributed by atoms with Crippen molar-refractivity contribution < 1.29 is 19.4 Å². The molecule has 1 aliphatic carbocycles. The summed E-state index contributed by atoms with van der Waals surface area (Å²) in [6, 6.07) is 15.0. The molecule has 4 rings (SSSR count). The van der Waals surface area contributed by atoms with Crippen LogP contribution < -0.4 is 5.32 Å². The second kappa shape index (κ2) is 8.97. The first-order chi connectivity index (χ1) is 16.1. The third kappa shape index (κ3) is 4.42. The van der Waals surface area contributed by atoms with E-state index < -0.39 is 18.1 Å². The fourth-order valence-electron chi connectivity index (χ4n) is 4.81. The number of ether oxygens (including phenoxy) is 1. The molecular formula is C27H31N3O4. The number of aromatic nitrogens is 2. The summed E-state index contributed by atoms with van der Waals surface area (Å²) < 4.78 is 7.44. The summed E-state index contributed by atoms with van der Waals surface area (Å²) >= 11 is 0. The molecule has 1 amide bonds. The third-order valence-corrected chi connectivity index (χ3v) is 6.42. The van der Waals surface area contributed by atoms with Crippen molar-refractivity contribution in [1.82, 2.24) is 15.1 Å². The van der Waals surface area contributed by atoms with Crippen LogP contribution in [-0.4, -0.2) is 39.6 Å². The zero-order valence-corrected chi connectivity index (χ0v) is 20.3. The van der Waals surface area contributed by atoms with E-state index in [-0.39, 0.29) is 24.5 Å². The lowest BCUT2D eigenvalue weighted by Gasteiger charge is -2.22. The van der Waals surface area contributed by atoms with Crippen molar-refractivity contribution in [3.05, 3.63) is 76.6 Å². The van der Waals surface area contributed by atoms with Gasteiger partial charge in [0.2, 0.25) is 0 Å². The molecule has 1 unspecified atom stereocenters. The molecule has 2 aromatic carbocycles. The van der Waals surface area contributed by atoms with Crippen molar-refractivity contribution >= 4 is 12.1 Å². The summed E-state index contributed by atoms with van der Waals surface area (Å²) in [6.45, 7) is 10.0. The standard InChI is InChI=1S/C27H31N3O4/c1-16-22(17(2)30(29-16)27(3,4)5)14-24(25(31)32)28-26(33)34-15-23-20-12-8-6-10-18(20)19-11-7-9-13-21(19)23/h6-13,23-24H,14-15H2,1-5H3,(H,28,33)(H,31,32). The Bertz CT molecular complexity index is 1190. The number of nitrogens with zero attached hydrogens (tertiary/aromatic N) is 2. The normalized spacial score (nSPS) is 13.8. The maximum Gasteiger partial charge on any atom is 0.407 e. The van der Waals surface area contributed by atoms with E-state index in [4.69, 9.17) is 4.74 Å². The van der Waals surface area contributed by atoms with Crippen LogP contribution >= 0.6 is 0 Å². The number of alkyl carbamates (subject to hydrolysis) is 1. The molecule has 7 heteroatoms. The van der Waals surface area contributed by atoms with Crippen LogP contribution in [0.4, 0.5) is 4.79 Å². The first-order valence-corrected chi connectivity index (χ1v) is 11.5. The topological polar surface area (TPSA) is 93.5 Å². The maximum absolute atomic E-state index is 12.6. The molecular weight excluding hydrogens is 430 g/mol. The Labute approximate surface area is 199 Å². The molecule has 0 aliphatic heterocycles. The van der Waals surface area contributed by atoms with Gasteiger partial charge in [0.15, 0.2) is 0 Å². The number of aryl methyl sites for hydroxylation is 1. The molecule has 0 radical (unpaired) electrons. The number of carboxylic acid groups (broad SMARTS) is 1. The van der Waals surface area contributed by atoms with Gasteiger partial charge in [0, 0.05) is 18.0 Å². The quantitative estimate of drug-likeness (QED) is 0.551. The first-order valence-electron chi connectivity index (χ1n) is 11.5. The molecule has 7 nitrogen and oxygen atoms in total. The molecule has 1 aliphatic rings. The number of nitrogens with one attached hydrogen (secondary N) is 1. The number of fused-ring (bicyclic) bond motifs is 3. The Morgan fingerprint density at radius 2 is 1.62 bits per heavy atom. The largest absolute Gasteiger partial charge is 0.480 e. The summed E-state index contributed by atoms with van der Waals surface area (Å²) in [5.41, 5.74) is 6.72. The fraction of sp³-hybridized carbons (Fsp3) is 0.370. The number of aliphatic carboxylic acids is 1. The van der Waals surface area contributed by atoms with Gasteiger partial charge in [-0.25, -0.2) is 9.59 Å². The van der Waals surface area contributed by atoms with E-state index in [1.54, 1.807) is 0 Å². The van der Waals surface area contributed by atoms with E-state index in [2.05, 4.69) is 22.5 Å². The fourth-order valence-corrected chi connectivity index (χ4v) is 4.81. The van der Waals surface area contributed by atoms with E-state index in [1.165, 1.54) is 0 Å². The maximum atomic E-state index is 12.6. The van der Waals surface area contributed by atoms with Crippen molar-refractivity contribution in [3.8, 4) is 11.1 Å². The molecule has 1 heterocycles. The predicted molar refractivity (Wildman–Crippen MR) is 130 cm³/mol. The molecule has 0 saturated carbocycles. The second-order valence-corrected chi connectivity index (χ2v) is 9.80. The number of carbonyl (C=O) groups is 2. The summed E-state index contributed by atoms with van der Waals surface area (Å²) in [6.07, 6.45) is -0.611. The average Bonchev–Trinajstić information content (AvgIpc) is 3.26. The number of benzene rings is 2. The van der Waals surface area contributed by atoms with Gasteiger partial charge in [0.05, 0.1) is 11.2 Å². The highest BCUT2D eigenvalue weighted by molar-refractivity contribution is 5.81. The number of rotatable bonds is 6.